The molecule has 1 amide bonds. The summed E-state index contributed by atoms with van der Waals surface area (Å²) < 4.78 is 5.25. The SMILES string of the molecule is CCC(SCc1ccco1)C(=O)Nc1nccs1. The molecule has 0 saturated carbocycles. The maximum absolute atomic E-state index is 12.0. The van der Waals surface area contributed by atoms with Gasteiger partial charge in [0.05, 0.1) is 17.3 Å². The highest BCUT2D eigenvalue weighted by molar-refractivity contribution is 7.99. The van der Waals surface area contributed by atoms with Gasteiger partial charge in [0.15, 0.2) is 5.13 Å². The lowest BCUT2D eigenvalue weighted by molar-refractivity contribution is -0.115. The lowest BCUT2D eigenvalue weighted by Gasteiger charge is -2.12. The van der Waals surface area contributed by atoms with Crippen molar-refractivity contribution in [1.82, 2.24) is 4.98 Å². The summed E-state index contributed by atoms with van der Waals surface area (Å²) in [6.45, 7) is 2.00. The Balaban J connectivity index is 1.85. The summed E-state index contributed by atoms with van der Waals surface area (Å²) in [5.74, 6) is 1.60. The molecule has 0 bridgehead atoms. The number of aromatic nitrogens is 1. The van der Waals surface area contributed by atoms with Gasteiger partial charge in [-0.25, -0.2) is 4.98 Å². The molecule has 1 atom stereocenters. The van der Waals surface area contributed by atoms with E-state index >= 15 is 0 Å². The molecule has 0 aromatic carbocycles. The third-order valence-electron chi connectivity index (χ3n) is 2.33. The van der Waals surface area contributed by atoms with Crippen LogP contribution in [-0.2, 0) is 10.5 Å². The van der Waals surface area contributed by atoms with Gasteiger partial charge in [0.2, 0.25) is 5.91 Å². The van der Waals surface area contributed by atoms with Gasteiger partial charge in [0, 0.05) is 11.6 Å². The second kappa shape index (κ2) is 6.61. The molecule has 4 nitrogen and oxygen atoms in total. The fourth-order valence-electron chi connectivity index (χ4n) is 1.43. The smallest absolute Gasteiger partial charge is 0.239 e. The number of nitrogens with one attached hydrogen (secondary N) is 1. The second-order valence-electron chi connectivity index (χ2n) is 3.61. The number of hydrogen-bond donors (Lipinski definition) is 1. The monoisotopic (exact) mass is 282 g/mol. The zero-order valence-electron chi connectivity index (χ0n) is 9.96. The van der Waals surface area contributed by atoms with Crippen molar-refractivity contribution in [1.29, 1.82) is 0 Å². The van der Waals surface area contributed by atoms with Gasteiger partial charge < -0.3 is 9.73 Å². The van der Waals surface area contributed by atoms with Gasteiger partial charge in [-0.15, -0.1) is 23.1 Å². The number of thioether (sulfide) groups is 1. The van der Waals surface area contributed by atoms with Crippen molar-refractivity contribution in [3.05, 3.63) is 35.7 Å². The highest BCUT2D eigenvalue weighted by atomic mass is 32.2. The van der Waals surface area contributed by atoms with E-state index in [9.17, 15) is 4.79 Å². The molecular formula is C12H14N2O2S2. The van der Waals surface area contributed by atoms with Gasteiger partial charge in [-0.05, 0) is 18.6 Å². The molecule has 18 heavy (non-hydrogen) atoms. The molecule has 0 aliphatic rings. The van der Waals surface area contributed by atoms with E-state index in [-0.39, 0.29) is 11.2 Å². The van der Waals surface area contributed by atoms with E-state index in [0.29, 0.717) is 10.9 Å². The van der Waals surface area contributed by atoms with Crippen LogP contribution in [0.5, 0.6) is 0 Å². The molecule has 1 unspecified atom stereocenters. The summed E-state index contributed by atoms with van der Waals surface area (Å²) >= 11 is 3.00. The highest BCUT2D eigenvalue weighted by Crippen LogP contribution is 2.22. The van der Waals surface area contributed by atoms with Crippen LogP contribution >= 0.6 is 23.1 Å². The number of anilines is 1. The van der Waals surface area contributed by atoms with Crippen molar-refractivity contribution in [3.8, 4) is 0 Å². The van der Waals surface area contributed by atoms with E-state index in [2.05, 4.69) is 10.3 Å². The standard InChI is InChI=1S/C12H14N2O2S2/c1-2-10(18-8-9-4-3-6-16-9)11(15)14-12-13-5-7-17-12/h3-7,10H,2,8H2,1H3,(H,13,14,15). The molecule has 0 spiro atoms. The predicted molar refractivity (Wildman–Crippen MR) is 74.8 cm³/mol. The second-order valence-corrected chi connectivity index (χ2v) is 5.70. The Morgan fingerprint density at radius 3 is 3.17 bits per heavy atom. The first kappa shape index (κ1) is 13.2. The van der Waals surface area contributed by atoms with Crippen molar-refractivity contribution in [2.45, 2.75) is 24.3 Å². The third kappa shape index (κ3) is 3.61. The molecule has 2 aromatic heterocycles. The molecule has 2 heterocycles. The summed E-state index contributed by atoms with van der Waals surface area (Å²) in [5, 5.41) is 5.23. The van der Waals surface area contributed by atoms with Crippen molar-refractivity contribution >= 4 is 34.1 Å². The van der Waals surface area contributed by atoms with Crippen LogP contribution in [0.1, 0.15) is 19.1 Å². The van der Waals surface area contributed by atoms with Crippen LogP contribution in [0.25, 0.3) is 0 Å². The highest BCUT2D eigenvalue weighted by Gasteiger charge is 2.18. The topological polar surface area (TPSA) is 55.1 Å². The van der Waals surface area contributed by atoms with E-state index < -0.39 is 0 Å². The van der Waals surface area contributed by atoms with E-state index in [4.69, 9.17) is 4.42 Å². The fourth-order valence-corrected chi connectivity index (χ4v) is 2.93. The number of furan rings is 1. The first-order chi connectivity index (χ1) is 8.79. The number of nitrogens with zero attached hydrogens (tertiary/aromatic N) is 1. The van der Waals surface area contributed by atoms with Crippen molar-refractivity contribution in [2.24, 2.45) is 0 Å². The minimum Gasteiger partial charge on any atom is -0.468 e. The summed E-state index contributed by atoms with van der Waals surface area (Å²) in [7, 11) is 0. The number of thiazole rings is 1. The Bertz CT molecular complexity index is 468. The molecule has 0 aliphatic carbocycles. The normalized spacial score (nSPS) is 12.3. The average Bonchev–Trinajstić information content (AvgIpc) is 3.02. The number of rotatable bonds is 6. The summed E-state index contributed by atoms with van der Waals surface area (Å²) in [5.41, 5.74) is 0. The van der Waals surface area contributed by atoms with Crippen LogP contribution in [0.15, 0.2) is 34.4 Å². The summed E-state index contributed by atoms with van der Waals surface area (Å²) in [6.07, 6.45) is 4.10. The quantitative estimate of drug-likeness (QED) is 0.882. The number of hydrogen-bond acceptors (Lipinski definition) is 5. The summed E-state index contributed by atoms with van der Waals surface area (Å²) in [6, 6.07) is 3.77. The van der Waals surface area contributed by atoms with Crippen LogP contribution in [0.2, 0.25) is 0 Å². The molecule has 2 aromatic rings. The Morgan fingerprint density at radius 2 is 2.56 bits per heavy atom. The zero-order chi connectivity index (χ0) is 12.8. The maximum atomic E-state index is 12.0. The molecule has 0 fully saturated rings. The molecule has 0 saturated heterocycles. The lowest BCUT2D eigenvalue weighted by Crippen LogP contribution is -2.24. The number of carbonyl (C=O) groups is 1. The summed E-state index contributed by atoms with van der Waals surface area (Å²) in [4.78, 5) is 16.0. The molecule has 1 N–H and O–H groups in total. The van der Waals surface area contributed by atoms with Crippen molar-refractivity contribution in [3.63, 3.8) is 0 Å². The Kier molecular flexibility index (Phi) is 4.83. The zero-order valence-corrected chi connectivity index (χ0v) is 11.6. The van der Waals surface area contributed by atoms with Crippen LogP contribution < -0.4 is 5.32 Å². The number of amides is 1. The largest absolute Gasteiger partial charge is 0.468 e. The van der Waals surface area contributed by atoms with E-state index in [1.165, 1.54) is 11.3 Å². The van der Waals surface area contributed by atoms with Gasteiger partial charge in [-0.2, -0.15) is 0 Å². The minimum absolute atomic E-state index is 0.00371. The van der Waals surface area contributed by atoms with Crippen LogP contribution in [0.3, 0.4) is 0 Å². The molecule has 0 radical (unpaired) electrons. The van der Waals surface area contributed by atoms with Gasteiger partial charge in [-0.3, -0.25) is 4.79 Å². The Hall–Kier alpha value is -1.27. The Morgan fingerprint density at radius 1 is 1.67 bits per heavy atom. The first-order valence-electron chi connectivity index (χ1n) is 5.64. The third-order valence-corrected chi connectivity index (χ3v) is 4.42. The van der Waals surface area contributed by atoms with Crippen LogP contribution in [-0.4, -0.2) is 16.1 Å². The van der Waals surface area contributed by atoms with Crippen molar-refractivity contribution < 1.29 is 9.21 Å². The first-order valence-corrected chi connectivity index (χ1v) is 7.56. The minimum atomic E-state index is -0.0843. The molecule has 2 rings (SSSR count). The predicted octanol–water partition coefficient (Wildman–Crippen LogP) is 3.39. The maximum Gasteiger partial charge on any atom is 0.239 e. The van der Waals surface area contributed by atoms with Crippen LogP contribution in [0.4, 0.5) is 5.13 Å². The molecule has 6 heteroatoms. The Labute approximate surface area is 114 Å². The average molecular weight is 282 g/mol. The van der Waals surface area contributed by atoms with E-state index in [1.54, 1.807) is 24.2 Å². The molecule has 0 aliphatic heterocycles. The molecule has 96 valence electrons. The van der Waals surface area contributed by atoms with Gasteiger partial charge >= 0.3 is 0 Å². The van der Waals surface area contributed by atoms with Gasteiger partial charge in [0.25, 0.3) is 0 Å². The van der Waals surface area contributed by atoms with Gasteiger partial charge in [-0.1, -0.05) is 6.92 Å². The van der Waals surface area contributed by atoms with Crippen LogP contribution in [0, 0.1) is 0 Å². The van der Waals surface area contributed by atoms with E-state index in [1.807, 2.05) is 24.4 Å². The van der Waals surface area contributed by atoms with E-state index in [0.717, 1.165) is 12.2 Å². The fraction of sp³-hybridized carbons (Fsp3) is 0.333. The number of carbonyl (C=O) groups excluding carboxylic acids is 1. The van der Waals surface area contributed by atoms with Gasteiger partial charge in [0.1, 0.15) is 5.76 Å². The lowest BCUT2D eigenvalue weighted by atomic mass is 10.3. The van der Waals surface area contributed by atoms with Crippen molar-refractivity contribution in [2.75, 3.05) is 5.32 Å². The molecular weight excluding hydrogens is 268 g/mol.